The fraction of sp³-hybridized carbons (Fsp3) is 0.588. The Labute approximate surface area is 152 Å². The topological polar surface area (TPSA) is 38.8 Å². The van der Waals surface area contributed by atoms with E-state index < -0.39 is 0 Å². The van der Waals surface area contributed by atoms with Crippen molar-refractivity contribution in [3.63, 3.8) is 0 Å². The highest BCUT2D eigenvalue weighted by molar-refractivity contribution is 9.11. The van der Waals surface area contributed by atoms with Gasteiger partial charge in [0, 0.05) is 28.0 Å². The number of rotatable bonds is 2. The molecule has 0 amide bonds. The third-order valence-electron chi connectivity index (χ3n) is 5.32. The Bertz CT molecular complexity index is 651. The molecule has 0 aromatic heterocycles. The molecule has 23 heavy (non-hydrogen) atoms. The van der Waals surface area contributed by atoms with Gasteiger partial charge in [-0.25, -0.2) is 0 Å². The van der Waals surface area contributed by atoms with Gasteiger partial charge in [-0.15, -0.1) is 0 Å². The molecule has 3 heterocycles. The van der Waals surface area contributed by atoms with Crippen molar-refractivity contribution in [2.24, 2.45) is 11.8 Å². The fourth-order valence-electron chi connectivity index (χ4n) is 4.58. The summed E-state index contributed by atoms with van der Waals surface area (Å²) in [5.41, 5.74) is 1.18. The molecule has 0 radical (unpaired) electrons. The summed E-state index contributed by atoms with van der Waals surface area (Å²) < 4.78 is 13.4. The largest absolute Gasteiger partial charge is 0.492 e. The summed E-state index contributed by atoms with van der Waals surface area (Å²) in [7, 11) is 0. The van der Waals surface area contributed by atoms with Crippen LogP contribution in [-0.2, 0) is 9.53 Å². The van der Waals surface area contributed by atoms with Crippen molar-refractivity contribution >= 4 is 37.8 Å². The smallest absolute Gasteiger partial charge is 0.311 e. The van der Waals surface area contributed by atoms with Gasteiger partial charge in [-0.3, -0.25) is 9.69 Å². The van der Waals surface area contributed by atoms with Crippen LogP contribution in [0.15, 0.2) is 21.1 Å². The maximum Gasteiger partial charge on any atom is 0.311 e. The molecule has 2 fully saturated rings. The Morgan fingerprint density at radius 3 is 3.04 bits per heavy atom. The molecule has 1 aromatic rings. The Hall–Kier alpha value is -0.590. The third kappa shape index (κ3) is 2.45. The maximum absolute atomic E-state index is 12.6. The van der Waals surface area contributed by atoms with E-state index in [1.807, 2.05) is 13.0 Å². The summed E-state index contributed by atoms with van der Waals surface area (Å²) >= 11 is 7.19. The molecule has 4 atom stereocenters. The zero-order valence-corrected chi connectivity index (χ0v) is 16.1. The highest BCUT2D eigenvalue weighted by Crippen LogP contribution is 2.55. The highest BCUT2D eigenvalue weighted by atomic mass is 79.9. The number of carbonyl (C=O) groups is 1. The van der Waals surface area contributed by atoms with Crippen LogP contribution in [0.25, 0.3) is 0 Å². The second-order valence-electron chi connectivity index (χ2n) is 6.45. The first-order chi connectivity index (χ1) is 11.1. The minimum atomic E-state index is -0.0756. The second kappa shape index (κ2) is 6.05. The number of esters is 1. The van der Waals surface area contributed by atoms with Crippen molar-refractivity contribution < 1.29 is 14.3 Å². The van der Waals surface area contributed by atoms with Gasteiger partial charge < -0.3 is 9.47 Å². The van der Waals surface area contributed by atoms with Crippen LogP contribution in [-0.4, -0.2) is 36.7 Å². The lowest BCUT2D eigenvalue weighted by Crippen LogP contribution is -2.35. The van der Waals surface area contributed by atoms with Crippen LogP contribution >= 0.6 is 31.9 Å². The standard InChI is InChI=1S/C17H19Br2NO3/c1-2-22-17(21)14-11-8-23-16-10(6-9(18)7-12(16)19)15(11)20-5-3-4-13(14)20/h6-7,11,13-15H,2-5,8H2,1H3/t11-,13-,14-,15-/m1/s1. The number of carbonyl (C=O) groups excluding carboxylic acids is 1. The summed E-state index contributed by atoms with van der Waals surface area (Å²) in [6, 6.07) is 4.68. The van der Waals surface area contributed by atoms with Crippen molar-refractivity contribution in [3.05, 3.63) is 26.6 Å². The van der Waals surface area contributed by atoms with Gasteiger partial charge >= 0.3 is 5.97 Å². The van der Waals surface area contributed by atoms with Crippen LogP contribution in [0.3, 0.4) is 0 Å². The minimum Gasteiger partial charge on any atom is -0.492 e. The lowest BCUT2D eigenvalue weighted by Gasteiger charge is -2.34. The average Bonchev–Trinajstić information content (AvgIpc) is 3.06. The summed E-state index contributed by atoms with van der Waals surface area (Å²) in [5.74, 6) is 0.962. The molecule has 3 aliphatic rings. The molecule has 1 aromatic carbocycles. The lowest BCUT2D eigenvalue weighted by atomic mass is 9.82. The van der Waals surface area contributed by atoms with Crippen LogP contribution < -0.4 is 4.74 Å². The molecule has 6 heteroatoms. The molecule has 0 spiro atoms. The van der Waals surface area contributed by atoms with E-state index in [0.29, 0.717) is 13.2 Å². The molecular formula is C17H19Br2NO3. The number of benzene rings is 1. The van der Waals surface area contributed by atoms with E-state index in [0.717, 1.165) is 34.1 Å². The Morgan fingerprint density at radius 2 is 2.26 bits per heavy atom. The zero-order valence-electron chi connectivity index (χ0n) is 12.9. The van der Waals surface area contributed by atoms with Gasteiger partial charge in [0.15, 0.2) is 0 Å². The number of fused-ring (bicyclic) bond motifs is 5. The van der Waals surface area contributed by atoms with Crippen LogP contribution in [0, 0.1) is 11.8 Å². The van der Waals surface area contributed by atoms with Crippen LogP contribution in [0.1, 0.15) is 31.4 Å². The van der Waals surface area contributed by atoms with E-state index in [1.54, 1.807) is 0 Å². The van der Waals surface area contributed by atoms with Gasteiger partial charge in [-0.2, -0.15) is 0 Å². The Morgan fingerprint density at radius 1 is 1.43 bits per heavy atom. The first-order valence-electron chi connectivity index (χ1n) is 8.16. The quantitative estimate of drug-likeness (QED) is 0.648. The van der Waals surface area contributed by atoms with Crippen LogP contribution in [0.5, 0.6) is 5.75 Å². The third-order valence-corrected chi connectivity index (χ3v) is 6.36. The molecule has 0 aliphatic carbocycles. The van der Waals surface area contributed by atoms with Gasteiger partial charge in [0.2, 0.25) is 0 Å². The number of hydrogen-bond acceptors (Lipinski definition) is 4. The lowest BCUT2D eigenvalue weighted by molar-refractivity contribution is -0.150. The Kier molecular flexibility index (Phi) is 4.18. The maximum atomic E-state index is 12.6. The number of nitrogens with zero attached hydrogens (tertiary/aromatic N) is 1. The molecule has 0 unspecified atom stereocenters. The number of ether oxygens (including phenoxy) is 2. The molecule has 2 saturated heterocycles. The zero-order chi connectivity index (χ0) is 16.1. The Balaban J connectivity index is 1.77. The number of halogens is 2. The fourth-order valence-corrected chi connectivity index (χ4v) is 5.95. The number of hydrogen-bond donors (Lipinski definition) is 0. The first kappa shape index (κ1) is 15.9. The summed E-state index contributed by atoms with van der Waals surface area (Å²) in [6.07, 6.45) is 2.22. The van der Waals surface area contributed by atoms with E-state index in [4.69, 9.17) is 9.47 Å². The average molecular weight is 445 g/mol. The van der Waals surface area contributed by atoms with E-state index in [1.165, 1.54) is 5.56 Å². The van der Waals surface area contributed by atoms with Crippen molar-refractivity contribution in [1.82, 2.24) is 4.90 Å². The molecular weight excluding hydrogens is 426 g/mol. The van der Waals surface area contributed by atoms with Gasteiger partial charge in [0.25, 0.3) is 0 Å². The molecule has 4 rings (SSSR count). The van der Waals surface area contributed by atoms with E-state index >= 15 is 0 Å². The minimum absolute atomic E-state index is 0.0574. The molecule has 0 bridgehead atoms. The normalized spacial score (nSPS) is 32.0. The monoisotopic (exact) mass is 443 g/mol. The summed E-state index contributed by atoms with van der Waals surface area (Å²) in [4.78, 5) is 15.1. The molecule has 0 saturated carbocycles. The van der Waals surface area contributed by atoms with Gasteiger partial charge in [-0.1, -0.05) is 15.9 Å². The van der Waals surface area contributed by atoms with Gasteiger partial charge in [0.1, 0.15) is 5.75 Å². The SMILES string of the molecule is CCOC(=O)[C@@H]1[C@H]2COc3c(Br)cc(Br)cc3[C@H]2N2CCC[C@H]12. The van der Waals surface area contributed by atoms with Crippen molar-refractivity contribution in [1.29, 1.82) is 0 Å². The molecule has 124 valence electrons. The van der Waals surface area contributed by atoms with E-state index in [9.17, 15) is 4.79 Å². The van der Waals surface area contributed by atoms with Gasteiger partial charge in [0.05, 0.1) is 23.6 Å². The summed E-state index contributed by atoms with van der Waals surface area (Å²) in [6.45, 7) is 3.94. The van der Waals surface area contributed by atoms with E-state index in [2.05, 4.69) is 42.8 Å². The molecule has 4 nitrogen and oxygen atoms in total. The molecule has 3 aliphatic heterocycles. The predicted molar refractivity (Wildman–Crippen MR) is 93.4 cm³/mol. The van der Waals surface area contributed by atoms with Crippen molar-refractivity contribution in [2.45, 2.75) is 31.8 Å². The van der Waals surface area contributed by atoms with Crippen LogP contribution in [0.4, 0.5) is 0 Å². The van der Waals surface area contributed by atoms with Gasteiger partial charge in [-0.05, 0) is 54.4 Å². The second-order valence-corrected chi connectivity index (χ2v) is 8.22. The first-order valence-corrected chi connectivity index (χ1v) is 9.74. The van der Waals surface area contributed by atoms with Crippen molar-refractivity contribution in [3.8, 4) is 5.75 Å². The predicted octanol–water partition coefficient (Wildman–Crippen LogP) is 3.92. The highest BCUT2D eigenvalue weighted by Gasteiger charge is 2.56. The summed E-state index contributed by atoms with van der Waals surface area (Å²) in [5, 5.41) is 0. The van der Waals surface area contributed by atoms with E-state index in [-0.39, 0.29) is 29.9 Å². The van der Waals surface area contributed by atoms with Crippen LogP contribution in [0.2, 0.25) is 0 Å². The van der Waals surface area contributed by atoms with Crippen molar-refractivity contribution in [2.75, 3.05) is 19.8 Å². The molecule has 0 N–H and O–H groups in total.